The summed E-state index contributed by atoms with van der Waals surface area (Å²) in [7, 11) is 4.04. The third-order valence-corrected chi connectivity index (χ3v) is 3.64. The molecule has 0 aliphatic rings. The molecule has 0 amide bonds. The molecule has 0 spiro atoms. The third-order valence-electron chi connectivity index (χ3n) is 3.64. The average Bonchev–Trinajstić information content (AvgIpc) is 2.77. The second-order valence-electron chi connectivity index (χ2n) is 5.48. The molecule has 0 saturated carbocycles. The van der Waals surface area contributed by atoms with Gasteiger partial charge >= 0.3 is 0 Å². The topological polar surface area (TPSA) is 60.0 Å². The van der Waals surface area contributed by atoms with Crippen LogP contribution in [0, 0.1) is 5.92 Å². The molecule has 1 atom stereocenters. The largest absolute Gasteiger partial charge is 0.358 e. The lowest BCUT2D eigenvalue weighted by Crippen LogP contribution is -2.32. The number of aryl methyl sites for hydroxylation is 1. The van der Waals surface area contributed by atoms with E-state index < -0.39 is 0 Å². The normalized spacial score (nSPS) is 13.2. The van der Waals surface area contributed by atoms with Crippen molar-refractivity contribution in [2.75, 3.05) is 18.5 Å². The molecule has 2 aromatic heterocycles. The second-order valence-corrected chi connectivity index (χ2v) is 5.48. The third kappa shape index (κ3) is 2.87. The van der Waals surface area contributed by atoms with Crippen molar-refractivity contribution in [3.05, 3.63) is 18.6 Å². The van der Waals surface area contributed by atoms with E-state index in [4.69, 9.17) is 5.73 Å². The Bertz CT molecular complexity index is 546. The smallest absolute Gasteiger partial charge is 0.156 e. The average molecular weight is 261 g/mol. The van der Waals surface area contributed by atoms with Crippen LogP contribution in [0.15, 0.2) is 18.6 Å². The lowest BCUT2D eigenvalue weighted by Gasteiger charge is -2.22. The lowest BCUT2D eigenvalue weighted by molar-refractivity contribution is 0.466. The monoisotopic (exact) mass is 261 g/mol. The summed E-state index contributed by atoms with van der Waals surface area (Å²) in [5, 5.41) is 0. The maximum Gasteiger partial charge on any atom is 0.156 e. The Labute approximate surface area is 114 Å². The number of hydrogen-bond donors (Lipinski definition) is 1. The molecule has 5 heteroatoms. The van der Waals surface area contributed by atoms with Crippen LogP contribution in [0.4, 0.5) is 5.82 Å². The Balaban J connectivity index is 2.15. The summed E-state index contributed by atoms with van der Waals surface area (Å²) in [6.07, 6.45) is 4.61. The van der Waals surface area contributed by atoms with Gasteiger partial charge < -0.3 is 15.2 Å². The first kappa shape index (κ1) is 13.8. The number of imidazole rings is 1. The number of nitrogens with zero attached hydrogens (tertiary/aromatic N) is 4. The van der Waals surface area contributed by atoms with Crippen LogP contribution in [-0.4, -0.2) is 34.2 Å². The first-order valence-electron chi connectivity index (χ1n) is 6.73. The van der Waals surface area contributed by atoms with Crippen molar-refractivity contribution < 1.29 is 0 Å². The number of aromatic nitrogens is 3. The van der Waals surface area contributed by atoms with E-state index >= 15 is 0 Å². The first-order chi connectivity index (χ1) is 9.00. The van der Waals surface area contributed by atoms with Crippen LogP contribution in [0.2, 0.25) is 0 Å². The predicted molar refractivity (Wildman–Crippen MR) is 79.2 cm³/mol. The van der Waals surface area contributed by atoms with Crippen molar-refractivity contribution >= 4 is 16.9 Å². The van der Waals surface area contributed by atoms with Crippen molar-refractivity contribution in [1.82, 2.24) is 14.5 Å². The van der Waals surface area contributed by atoms with Crippen molar-refractivity contribution in [2.24, 2.45) is 18.7 Å². The van der Waals surface area contributed by atoms with Gasteiger partial charge in [-0.25, -0.2) is 9.97 Å². The number of fused-ring (bicyclic) bond motifs is 1. The molecule has 0 aliphatic carbocycles. The number of rotatable bonds is 5. The standard InChI is InChI=1S/C14H23N5/c1-10(2)11(15)6-8-18(3)14-13-12(5-7-16-14)19(4)9-17-13/h5,7,9-11H,6,8,15H2,1-4H3. The van der Waals surface area contributed by atoms with E-state index in [1.165, 1.54) is 0 Å². The number of pyridine rings is 1. The fourth-order valence-electron chi connectivity index (χ4n) is 2.11. The zero-order valence-electron chi connectivity index (χ0n) is 12.2. The minimum Gasteiger partial charge on any atom is -0.358 e. The summed E-state index contributed by atoms with van der Waals surface area (Å²) >= 11 is 0. The summed E-state index contributed by atoms with van der Waals surface area (Å²) < 4.78 is 2.01. The number of nitrogens with two attached hydrogens (primary N) is 1. The minimum absolute atomic E-state index is 0.227. The molecular formula is C14H23N5. The first-order valence-corrected chi connectivity index (χ1v) is 6.73. The molecule has 0 aliphatic heterocycles. The highest BCUT2D eigenvalue weighted by Gasteiger charge is 2.13. The van der Waals surface area contributed by atoms with Gasteiger partial charge in [-0.3, -0.25) is 0 Å². The van der Waals surface area contributed by atoms with Crippen LogP contribution in [0.1, 0.15) is 20.3 Å². The highest BCUT2D eigenvalue weighted by Crippen LogP contribution is 2.21. The number of anilines is 1. The van der Waals surface area contributed by atoms with Crippen LogP contribution in [-0.2, 0) is 7.05 Å². The molecule has 1 unspecified atom stereocenters. The van der Waals surface area contributed by atoms with E-state index in [0.717, 1.165) is 29.8 Å². The Hall–Kier alpha value is -1.62. The van der Waals surface area contributed by atoms with E-state index in [0.29, 0.717) is 5.92 Å². The van der Waals surface area contributed by atoms with Crippen molar-refractivity contribution in [3.8, 4) is 0 Å². The summed E-state index contributed by atoms with van der Waals surface area (Å²) in [6.45, 7) is 5.20. The van der Waals surface area contributed by atoms with Gasteiger partial charge in [-0.15, -0.1) is 0 Å². The number of hydrogen-bond acceptors (Lipinski definition) is 4. The molecule has 0 saturated heterocycles. The molecule has 0 radical (unpaired) electrons. The zero-order valence-corrected chi connectivity index (χ0v) is 12.2. The molecule has 104 valence electrons. The van der Waals surface area contributed by atoms with Gasteiger partial charge in [0.05, 0.1) is 11.8 Å². The molecular weight excluding hydrogens is 238 g/mol. The summed E-state index contributed by atoms with van der Waals surface area (Å²) in [4.78, 5) is 11.0. The van der Waals surface area contributed by atoms with Gasteiger partial charge in [-0.1, -0.05) is 13.8 Å². The van der Waals surface area contributed by atoms with Crippen LogP contribution in [0.3, 0.4) is 0 Å². The van der Waals surface area contributed by atoms with Crippen LogP contribution in [0.25, 0.3) is 11.0 Å². The van der Waals surface area contributed by atoms with Crippen molar-refractivity contribution in [1.29, 1.82) is 0 Å². The fourth-order valence-corrected chi connectivity index (χ4v) is 2.11. The van der Waals surface area contributed by atoms with Gasteiger partial charge in [0, 0.05) is 32.9 Å². The molecule has 5 nitrogen and oxygen atoms in total. The SMILES string of the molecule is CC(C)C(N)CCN(C)c1nccc2c1ncn2C. The fraction of sp³-hybridized carbons (Fsp3) is 0.571. The van der Waals surface area contributed by atoms with E-state index in [9.17, 15) is 0 Å². The Morgan fingerprint density at radius 2 is 2.11 bits per heavy atom. The Kier molecular flexibility index (Phi) is 4.04. The van der Waals surface area contributed by atoms with Crippen molar-refractivity contribution in [2.45, 2.75) is 26.3 Å². The molecule has 0 bridgehead atoms. The molecule has 2 heterocycles. The van der Waals surface area contributed by atoms with Gasteiger partial charge in [0.2, 0.25) is 0 Å². The van der Waals surface area contributed by atoms with Gasteiger partial charge in [-0.05, 0) is 18.4 Å². The highest BCUT2D eigenvalue weighted by atomic mass is 15.2. The minimum atomic E-state index is 0.227. The molecule has 2 N–H and O–H groups in total. The maximum absolute atomic E-state index is 6.09. The predicted octanol–water partition coefficient (Wildman–Crippen LogP) is 1.78. The second kappa shape index (κ2) is 5.57. The van der Waals surface area contributed by atoms with Crippen LogP contribution in [0.5, 0.6) is 0 Å². The lowest BCUT2D eigenvalue weighted by atomic mass is 10.0. The van der Waals surface area contributed by atoms with Gasteiger partial charge in [0.25, 0.3) is 0 Å². The van der Waals surface area contributed by atoms with Gasteiger partial charge in [0.1, 0.15) is 5.52 Å². The van der Waals surface area contributed by atoms with Crippen molar-refractivity contribution in [3.63, 3.8) is 0 Å². The van der Waals surface area contributed by atoms with E-state index in [2.05, 4.69) is 28.7 Å². The van der Waals surface area contributed by atoms with Crippen LogP contribution < -0.4 is 10.6 Å². The summed E-state index contributed by atoms with van der Waals surface area (Å²) in [5.41, 5.74) is 8.14. The zero-order chi connectivity index (χ0) is 14.0. The molecule has 19 heavy (non-hydrogen) atoms. The van der Waals surface area contributed by atoms with E-state index in [-0.39, 0.29) is 6.04 Å². The maximum atomic E-state index is 6.09. The quantitative estimate of drug-likeness (QED) is 0.891. The Morgan fingerprint density at radius 3 is 2.79 bits per heavy atom. The van der Waals surface area contributed by atoms with Gasteiger partial charge in [-0.2, -0.15) is 0 Å². The Morgan fingerprint density at radius 1 is 1.37 bits per heavy atom. The van der Waals surface area contributed by atoms with E-state index in [1.807, 2.05) is 37.3 Å². The molecule has 2 rings (SSSR count). The molecule has 2 aromatic rings. The summed E-state index contributed by atoms with van der Waals surface area (Å²) in [6, 6.07) is 2.21. The van der Waals surface area contributed by atoms with Crippen LogP contribution >= 0.6 is 0 Å². The highest BCUT2D eigenvalue weighted by molar-refractivity contribution is 5.86. The van der Waals surface area contributed by atoms with Gasteiger partial charge in [0.15, 0.2) is 5.82 Å². The van der Waals surface area contributed by atoms with E-state index in [1.54, 1.807) is 0 Å². The molecule has 0 fully saturated rings. The molecule has 0 aromatic carbocycles. The summed E-state index contributed by atoms with van der Waals surface area (Å²) in [5.74, 6) is 1.43.